The maximum Gasteiger partial charge on any atom is 0.225 e. The van der Waals surface area contributed by atoms with Crippen LogP contribution in [0.2, 0.25) is 0 Å². The maximum atomic E-state index is 11.9. The van der Waals surface area contributed by atoms with Crippen LogP contribution in [0.25, 0.3) is 0 Å². The summed E-state index contributed by atoms with van der Waals surface area (Å²) in [5.74, 6) is 1.13. The van der Waals surface area contributed by atoms with Crippen LogP contribution in [0.3, 0.4) is 0 Å². The fraction of sp³-hybridized carbons (Fsp3) is 0.636. The molecule has 3 N–H and O–H groups in total. The highest BCUT2D eigenvalue weighted by Crippen LogP contribution is 2.33. The Morgan fingerprint density at radius 1 is 1.56 bits per heavy atom. The molecule has 2 aliphatic heterocycles. The Morgan fingerprint density at radius 2 is 2.50 bits per heavy atom. The van der Waals surface area contributed by atoms with Gasteiger partial charge in [-0.1, -0.05) is 0 Å². The van der Waals surface area contributed by atoms with E-state index in [9.17, 15) is 4.79 Å². The van der Waals surface area contributed by atoms with Crippen molar-refractivity contribution in [3.8, 4) is 0 Å². The van der Waals surface area contributed by atoms with E-state index in [-0.39, 0.29) is 11.8 Å². The van der Waals surface area contributed by atoms with Crippen LogP contribution in [0.5, 0.6) is 0 Å². The van der Waals surface area contributed by atoms with Crippen LogP contribution in [0, 0.1) is 5.92 Å². The van der Waals surface area contributed by atoms with Gasteiger partial charge in [0.1, 0.15) is 5.82 Å². The molecule has 86 valence electrons. The molecule has 1 aromatic rings. The van der Waals surface area contributed by atoms with E-state index in [1.165, 1.54) is 6.42 Å². The molecule has 0 saturated carbocycles. The smallest absolute Gasteiger partial charge is 0.225 e. The zero-order valence-electron chi connectivity index (χ0n) is 9.07. The van der Waals surface area contributed by atoms with E-state index in [0.717, 1.165) is 18.7 Å². The molecule has 3 rings (SSSR count). The zero-order chi connectivity index (χ0) is 11.0. The Kier molecular flexibility index (Phi) is 2.40. The van der Waals surface area contributed by atoms with Crippen molar-refractivity contribution >= 4 is 5.91 Å². The van der Waals surface area contributed by atoms with Crippen molar-refractivity contribution in [2.75, 3.05) is 0 Å². The number of fused-ring (bicyclic) bond motifs is 2. The molecule has 2 aliphatic rings. The number of carbonyl (C=O) groups excluding carboxylic acids is 1. The van der Waals surface area contributed by atoms with Gasteiger partial charge in [-0.3, -0.25) is 4.79 Å². The molecule has 3 atom stereocenters. The van der Waals surface area contributed by atoms with Crippen LogP contribution < -0.4 is 10.6 Å². The van der Waals surface area contributed by atoms with Gasteiger partial charge in [0.25, 0.3) is 0 Å². The van der Waals surface area contributed by atoms with Crippen LogP contribution >= 0.6 is 0 Å². The molecule has 0 spiro atoms. The number of hydrogen-bond acceptors (Lipinski definition) is 3. The van der Waals surface area contributed by atoms with Crippen molar-refractivity contribution in [3.63, 3.8) is 0 Å². The second kappa shape index (κ2) is 3.90. The lowest BCUT2D eigenvalue weighted by molar-refractivity contribution is -0.125. The predicted octanol–water partition coefficient (Wildman–Crippen LogP) is 0.166. The van der Waals surface area contributed by atoms with Crippen LogP contribution in [-0.2, 0) is 11.3 Å². The van der Waals surface area contributed by atoms with E-state index in [1.54, 1.807) is 12.4 Å². The number of rotatable bonds is 3. The molecule has 3 unspecified atom stereocenters. The second-order valence-electron chi connectivity index (χ2n) is 4.64. The summed E-state index contributed by atoms with van der Waals surface area (Å²) in [4.78, 5) is 19.0. The number of nitrogens with one attached hydrogen (secondary N) is 3. The largest absolute Gasteiger partial charge is 0.349 e. The van der Waals surface area contributed by atoms with Crippen molar-refractivity contribution < 1.29 is 4.79 Å². The minimum Gasteiger partial charge on any atom is -0.349 e. The number of imidazole rings is 1. The van der Waals surface area contributed by atoms with Crippen molar-refractivity contribution in [1.29, 1.82) is 0 Å². The lowest BCUT2D eigenvalue weighted by atomic mass is 9.88. The summed E-state index contributed by atoms with van der Waals surface area (Å²) in [7, 11) is 0. The average molecular weight is 220 g/mol. The highest BCUT2D eigenvalue weighted by Gasteiger charge is 2.42. The van der Waals surface area contributed by atoms with E-state index in [1.807, 2.05) is 0 Å². The molecule has 0 radical (unpaired) electrons. The zero-order valence-corrected chi connectivity index (χ0v) is 9.07. The van der Waals surface area contributed by atoms with Gasteiger partial charge in [-0.15, -0.1) is 0 Å². The Hall–Kier alpha value is -1.36. The maximum absolute atomic E-state index is 11.9. The fourth-order valence-electron chi connectivity index (χ4n) is 2.81. The van der Waals surface area contributed by atoms with Gasteiger partial charge in [-0.2, -0.15) is 0 Å². The first-order chi connectivity index (χ1) is 7.83. The third kappa shape index (κ3) is 1.71. The Bertz CT molecular complexity index is 375. The molecule has 1 amide bonds. The number of aromatic nitrogens is 2. The summed E-state index contributed by atoms with van der Waals surface area (Å²) in [5.41, 5.74) is 0. The van der Waals surface area contributed by atoms with Gasteiger partial charge < -0.3 is 15.6 Å². The highest BCUT2D eigenvalue weighted by atomic mass is 16.1. The minimum absolute atomic E-state index is 0.161. The monoisotopic (exact) mass is 220 g/mol. The van der Waals surface area contributed by atoms with E-state index in [4.69, 9.17) is 0 Å². The quantitative estimate of drug-likeness (QED) is 0.680. The van der Waals surface area contributed by atoms with Crippen molar-refractivity contribution in [2.45, 2.75) is 37.9 Å². The predicted molar refractivity (Wildman–Crippen MR) is 58.5 cm³/mol. The topological polar surface area (TPSA) is 69.8 Å². The molecule has 2 bridgehead atoms. The number of amides is 1. The van der Waals surface area contributed by atoms with Gasteiger partial charge >= 0.3 is 0 Å². The average Bonchev–Trinajstić information content (AvgIpc) is 3.01. The number of H-pyrrole nitrogens is 1. The normalized spacial score (nSPS) is 31.9. The third-order valence-corrected chi connectivity index (χ3v) is 3.62. The summed E-state index contributed by atoms with van der Waals surface area (Å²) >= 11 is 0. The summed E-state index contributed by atoms with van der Waals surface area (Å²) in [6.07, 6.45) is 6.83. The van der Waals surface area contributed by atoms with Crippen molar-refractivity contribution in [3.05, 3.63) is 18.2 Å². The summed E-state index contributed by atoms with van der Waals surface area (Å²) in [6.45, 7) is 0.500. The lowest BCUT2D eigenvalue weighted by Crippen LogP contribution is -2.37. The Labute approximate surface area is 94.0 Å². The van der Waals surface area contributed by atoms with E-state index in [0.29, 0.717) is 18.6 Å². The van der Waals surface area contributed by atoms with Crippen molar-refractivity contribution in [2.24, 2.45) is 5.92 Å². The minimum atomic E-state index is 0.161. The summed E-state index contributed by atoms with van der Waals surface area (Å²) < 4.78 is 0. The first kappa shape index (κ1) is 9.84. The molecule has 0 aliphatic carbocycles. The first-order valence-electron chi connectivity index (χ1n) is 5.85. The number of nitrogens with zero attached hydrogens (tertiary/aromatic N) is 1. The Morgan fingerprint density at radius 3 is 3.12 bits per heavy atom. The molecule has 2 saturated heterocycles. The number of hydrogen-bond donors (Lipinski definition) is 3. The SMILES string of the molecule is O=C(NCc1ncc[nH]1)C1CC2CCC1N2. The first-order valence-corrected chi connectivity index (χ1v) is 5.85. The van der Waals surface area contributed by atoms with Crippen LogP contribution in [0.1, 0.15) is 25.1 Å². The van der Waals surface area contributed by atoms with Gasteiger partial charge in [0, 0.05) is 24.5 Å². The number of carbonyl (C=O) groups is 1. The molecular weight excluding hydrogens is 204 g/mol. The second-order valence-corrected chi connectivity index (χ2v) is 4.64. The third-order valence-electron chi connectivity index (χ3n) is 3.62. The molecule has 3 heterocycles. The molecule has 5 nitrogen and oxygen atoms in total. The standard InChI is InChI=1S/C11H16N4O/c16-11(14-6-10-12-3-4-13-10)8-5-7-1-2-9(8)15-7/h3-4,7-9,15H,1-2,5-6H2,(H,12,13)(H,14,16). The highest BCUT2D eigenvalue weighted by molar-refractivity contribution is 5.80. The molecular formula is C11H16N4O. The van der Waals surface area contributed by atoms with Gasteiger partial charge in [0.2, 0.25) is 5.91 Å². The fourth-order valence-corrected chi connectivity index (χ4v) is 2.81. The van der Waals surface area contributed by atoms with E-state index in [2.05, 4.69) is 20.6 Å². The van der Waals surface area contributed by atoms with Crippen LogP contribution in [-0.4, -0.2) is 28.0 Å². The van der Waals surface area contributed by atoms with Gasteiger partial charge in [0.05, 0.1) is 12.5 Å². The van der Waals surface area contributed by atoms with Crippen LogP contribution in [0.4, 0.5) is 0 Å². The van der Waals surface area contributed by atoms with E-state index < -0.39 is 0 Å². The van der Waals surface area contributed by atoms with Gasteiger partial charge in [0.15, 0.2) is 0 Å². The van der Waals surface area contributed by atoms with Crippen LogP contribution in [0.15, 0.2) is 12.4 Å². The van der Waals surface area contributed by atoms with Crippen molar-refractivity contribution in [1.82, 2.24) is 20.6 Å². The molecule has 5 heteroatoms. The van der Waals surface area contributed by atoms with Gasteiger partial charge in [-0.25, -0.2) is 4.98 Å². The lowest BCUT2D eigenvalue weighted by Gasteiger charge is -2.18. The molecule has 16 heavy (non-hydrogen) atoms. The summed E-state index contributed by atoms with van der Waals surface area (Å²) in [5, 5.41) is 6.41. The number of aromatic amines is 1. The van der Waals surface area contributed by atoms with Gasteiger partial charge in [-0.05, 0) is 19.3 Å². The molecule has 0 aromatic carbocycles. The van der Waals surface area contributed by atoms with E-state index >= 15 is 0 Å². The summed E-state index contributed by atoms with van der Waals surface area (Å²) in [6, 6.07) is 0.978. The molecule has 1 aromatic heterocycles. The Balaban J connectivity index is 1.54. The molecule has 2 fully saturated rings.